The molecule has 2 aromatic heterocycles. The minimum atomic E-state index is -0.490. The molecule has 0 amide bonds. The van der Waals surface area contributed by atoms with Crippen LogP contribution in [0.5, 0.6) is 0 Å². The van der Waals surface area contributed by atoms with Gasteiger partial charge in [0.25, 0.3) is 0 Å². The summed E-state index contributed by atoms with van der Waals surface area (Å²) in [4.78, 5) is 34.7. The van der Waals surface area contributed by atoms with E-state index in [-0.39, 0.29) is 12.4 Å². The van der Waals surface area contributed by atoms with E-state index in [2.05, 4.69) is 30.1 Å². The van der Waals surface area contributed by atoms with Gasteiger partial charge in [-0.2, -0.15) is 0 Å². The summed E-state index contributed by atoms with van der Waals surface area (Å²) in [6.45, 7) is 1.86. The van der Waals surface area contributed by atoms with E-state index in [1.807, 2.05) is 66.7 Å². The molecule has 1 unspecified atom stereocenters. The van der Waals surface area contributed by atoms with E-state index >= 15 is 0 Å². The van der Waals surface area contributed by atoms with Gasteiger partial charge in [0.1, 0.15) is 0 Å². The van der Waals surface area contributed by atoms with E-state index in [0.29, 0.717) is 17.0 Å². The van der Waals surface area contributed by atoms with Gasteiger partial charge in [-0.1, -0.05) is 73.7 Å². The molecule has 1 aliphatic rings. The van der Waals surface area contributed by atoms with Gasteiger partial charge in [-0.3, -0.25) is 4.79 Å². The Hall–Kier alpha value is -4.51. The first kappa shape index (κ1) is 22.9. The Labute approximate surface area is 214 Å². The molecule has 0 spiro atoms. The minimum Gasteiger partial charge on any atom is -0.454 e. The third kappa shape index (κ3) is 4.33. The molecule has 3 aromatic carbocycles. The monoisotopic (exact) mass is 486 g/mol. The van der Waals surface area contributed by atoms with Crippen molar-refractivity contribution in [2.75, 3.05) is 6.61 Å². The number of H-pyrrole nitrogens is 1. The first-order chi connectivity index (χ1) is 18.1. The Balaban J connectivity index is 1.38. The maximum Gasteiger partial charge on any atom is 0.339 e. The fraction of sp³-hybridized carbons (Fsp3) is 0.156. The summed E-state index contributed by atoms with van der Waals surface area (Å²) in [5, 5.41) is 1.57. The molecule has 5 aromatic rings. The molecule has 0 aliphatic heterocycles. The average Bonchev–Trinajstić information content (AvgIpc) is 3.35. The predicted molar refractivity (Wildman–Crippen MR) is 146 cm³/mol. The number of allylic oxidation sites excluding steroid dienone is 1. The topological polar surface area (TPSA) is 72.0 Å². The molecular formula is C32H26N2O3. The van der Waals surface area contributed by atoms with Crippen LogP contribution in [0.4, 0.5) is 0 Å². The summed E-state index contributed by atoms with van der Waals surface area (Å²) in [5.41, 5.74) is 6.59. The van der Waals surface area contributed by atoms with Crippen molar-refractivity contribution in [2.24, 2.45) is 5.92 Å². The second kappa shape index (κ2) is 9.51. The van der Waals surface area contributed by atoms with Crippen LogP contribution in [0, 0.1) is 5.92 Å². The van der Waals surface area contributed by atoms with Gasteiger partial charge in [0, 0.05) is 28.0 Å². The zero-order valence-corrected chi connectivity index (χ0v) is 20.5. The molecule has 0 bridgehead atoms. The number of carbonyl (C=O) groups excluding carboxylic acids is 2. The lowest BCUT2D eigenvalue weighted by Gasteiger charge is -2.26. The van der Waals surface area contributed by atoms with Crippen molar-refractivity contribution in [2.45, 2.75) is 19.8 Å². The largest absolute Gasteiger partial charge is 0.454 e. The molecule has 0 saturated heterocycles. The molecule has 37 heavy (non-hydrogen) atoms. The SMILES string of the molecule is CC1CC(=Cc2ccccc2)c2nc3ccccc3c(C(=O)OCC(=O)c3c[nH]c4ccccc34)c2C1. The molecule has 0 radical (unpaired) electrons. The minimum absolute atomic E-state index is 0.240. The second-order valence-electron chi connectivity index (χ2n) is 9.67. The highest BCUT2D eigenvalue weighted by molar-refractivity contribution is 6.11. The second-order valence-corrected chi connectivity index (χ2v) is 9.67. The molecule has 5 heteroatoms. The van der Waals surface area contributed by atoms with Crippen LogP contribution < -0.4 is 0 Å². The fourth-order valence-electron chi connectivity index (χ4n) is 5.30. The van der Waals surface area contributed by atoms with Crippen molar-refractivity contribution < 1.29 is 14.3 Å². The summed E-state index contributed by atoms with van der Waals surface area (Å²) in [6.07, 6.45) is 5.43. The van der Waals surface area contributed by atoms with Crippen LogP contribution in [0.2, 0.25) is 0 Å². The number of benzene rings is 3. The molecule has 5 nitrogen and oxygen atoms in total. The van der Waals surface area contributed by atoms with Crippen LogP contribution in [0.1, 0.15) is 50.9 Å². The molecule has 1 atom stereocenters. The van der Waals surface area contributed by atoms with Crippen LogP contribution in [0.25, 0.3) is 33.5 Å². The highest BCUT2D eigenvalue weighted by Gasteiger charge is 2.29. The van der Waals surface area contributed by atoms with E-state index in [9.17, 15) is 9.59 Å². The van der Waals surface area contributed by atoms with E-state index in [1.165, 1.54) is 0 Å². The number of ketones is 1. The Kier molecular flexibility index (Phi) is 5.89. The number of aromatic amines is 1. The Morgan fingerprint density at radius 1 is 0.946 bits per heavy atom. The molecule has 1 N–H and O–H groups in total. The summed E-state index contributed by atoms with van der Waals surface area (Å²) in [7, 11) is 0. The van der Waals surface area contributed by atoms with Crippen molar-refractivity contribution in [1.82, 2.24) is 9.97 Å². The van der Waals surface area contributed by atoms with E-state index in [0.717, 1.165) is 57.0 Å². The maximum absolute atomic E-state index is 13.6. The van der Waals surface area contributed by atoms with Crippen molar-refractivity contribution in [3.05, 3.63) is 113 Å². The number of nitrogens with one attached hydrogen (secondary N) is 1. The van der Waals surface area contributed by atoms with E-state index in [1.54, 1.807) is 6.20 Å². The first-order valence-electron chi connectivity index (χ1n) is 12.5. The number of pyridine rings is 1. The lowest BCUT2D eigenvalue weighted by Crippen LogP contribution is -2.21. The average molecular weight is 487 g/mol. The van der Waals surface area contributed by atoms with Crippen LogP contribution in [0.15, 0.2) is 85.1 Å². The number of para-hydroxylation sites is 2. The molecular weight excluding hydrogens is 460 g/mol. The van der Waals surface area contributed by atoms with Gasteiger partial charge in [0.2, 0.25) is 5.78 Å². The standard InChI is InChI=1S/C32H26N2O3/c1-20-15-22(17-21-9-3-2-4-10-21)31-25(16-20)30(24-12-6-8-14-28(24)34-31)32(36)37-19-29(35)26-18-33-27-13-7-5-11-23(26)27/h2-14,17-18,20,33H,15-16,19H2,1H3. The molecule has 0 fully saturated rings. The van der Waals surface area contributed by atoms with Crippen molar-refractivity contribution >= 4 is 45.2 Å². The number of ether oxygens (including phenoxy) is 1. The van der Waals surface area contributed by atoms with Crippen LogP contribution in [-0.4, -0.2) is 28.3 Å². The number of carbonyl (C=O) groups is 2. The number of hydrogen-bond donors (Lipinski definition) is 1. The quantitative estimate of drug-likeness (QED) is 0.217. The summed E-state index contributed by atoms with van der Waals surface area (Å²) in [6, 6.07) is 25.4. The van der Waals surface area contributed by atoms with Crippen LogP contribution >= 0.6 is 0 Å². The van der Waals surface area contributed by atoms with E-state index in [4.69, 9.17) is 9.72 Å². The third-order valence-corrected chi connectivity index (χ3v) is 6.99. The van der Waals surface area contributed by atoms with Gasteiger partial charge in [-0.05, 0) is 53.7 Å². The molecule has 182 valence electrons. The number of fused-ring (bicyclic) bond motifs is 3. The number of aromatic nitrogens is 2. The summed E-state index contributed by atoms with van der Waals surface area (Å²) < 4.78 is 5.68. The summed E-state index contributed by atoms with van der Waals surface area (Å²) in [5.74, 6) is -0.392. The molecule has 1 aliphatic carbocycles. The first-order valence-corrected chi connectivity index (χ1v) is 12.5. The predicted octanol–water partition coefficient (Wildman–Crippen LogP) is 6.88. The van der Waals surface area contributed by atoms with Crippen molar-refractivity contribution in [3.8, 4) is 0 Å². The zero-order chi connectivity index (χ0) is 25.4. The smallest absolute Gasteiger partial charge is 0.339 e. The van der Waals surface area contributed by atoms with Gasteiger partial charge in [0.05, 0.1) is 16.8 Å². The van der Waals surface area contributed by atoms with Crippen molar-refractivity contribution in [3.63, 3.8) is 0 Å². The third-order valence-electron chi connectivity index (χ3n) is 6.99. The number of hydrogen-bond acceptors (Lipinski definition) is 4. The van der Waals surface area contributed by atoms with Crippen LogP contribution in [-0.2, 0) is 11.2 Å². The van der Waals surface area contributed by atoms with Gasteiger partial charge in [0.15, 0.2) is 6.61 Å². The molecule has 6 rings (SSSR count). The fourth-order valence-corrected chi connectivity index (χ4v) is 5.30. The van der Waals surface area contributed by atoms with Gasteiger partial charge in [-0.25, -0.2) is 9.78 Å². The maximum atomic E-state index is 13.6. The van der Waals surface area contributed by atoms with Crippen molar-refractivity contribution in [1.29, 1.82) is 0 Å². The normalized spacial score (nSPS) is 16.1. The summed E-state index contributed by atoms with van der Waals surface area (Å²) >= 11 is 0. The number of esters is 1. The zero-order valence-electron chi connectivity index (χ0n) is 20.5. The molecule has 0 saturated carbocycles. The highest BCUT2D eigenvalue weighted by atomic mass is 16.5. The van der Waals surface area contributed by atoms with E-state index < -0.39 is 5.97 Å². The Morgan fingerprint density at radius 3 is 2.51 bits per heavy atom. The lowest BCUT2D eigenvalue weighted by molar-refractivity contribution is 0.0475. The van der Waals surface area contributed by atoms with Gasteiger partial charge in [-0.15, -0.1) is 0 Å². The Morgan fingerprint density at radius 2 is 1.68 bits per heavy atom. The Bertz CT molecular complexity index is 1680. The number of nitrogens with zero attached hydrogens (tertiary/aromatic N) is 1. The lowest BCUT2D eigenvalue weighted by atomic mass is 9.80. The number of rotatable bonds is 5. The van der Waals surface area contributed by atoms with Gasteiger partial charge >= 0.3 is 5.97 Å². The molecule has 2 heterocycles. The van der Waals surface area contributed by atoms with Gasteiger partial charge < -0.3 is 9.72 Å². The number of Topliss-reactive ketones (excluding diaryl/α,β-unsaturated/α-hetero) is 1. The highest BCUT2D eigenvalue weighted by Crippen LogP contribution is 2.38. The van der Waals surface area contributed by atoms with Crippen LogP contribution in [0.3, 0.4) is 0 Å².